The summed E-state index contributed by atoms with van der Waals surface area (Å²) in [5, 5.41) is 0.701. The van der Waals surface area contributed by atoms with Crippen molar-refractivity contribution in [1.29, 1.82) is 0 Å². The standard InChI is InChI=1S/C16H12O3.C2H6/c1-3-7-11(4-2)15(17)13-10-12-8-5-6-9-14(12)19-16(13)18;1-2/h3-10H,1-2H2;1-2H3/b11-7+;. The Hall–Kier alpha value is -2.68. The van der Waals surface area contributed by atoms with Crippen molar-refractivity contribution in [2.24, 2.45) is 0 Å². The molecule has 0 saturated heterocycles. The number of benzene rings is 1. The molecule has 0 aliphatic carbocycles. The number of hydrogen-bond acceptors (Lipinski definition) is 3. The quantitative estimate of drug-likeness (QED) is 0.363. The predicted octanol–water partition coefficient (Wildman–Crippen LogP) is 4.30. The van der Waals surface area contributed by atoms with Crippen LogP contribution in [0.5, 0.6) is 0 Å². The summed E-state index contributed by atoms with van der Waals surface area (Å²) in [7, 11) is 0. The van der Waals surface area contributed by atoms with E-state index in [1.54, 1.807) is 18.2 Å². The van der Waals surface area contributed by atoms with Crippen molar-refractivity contribution in [2.45, 2.75) is 13.8 Å². The SMILES string of the molecule is C=C/C=C(\C=C)C(=O)c1cc2ccccc2oc1=O.CC. The second kappa shape index (κ2) is 7.80. The maximum absolute atomic E-state index is 12.2. The number of hydrogen-bond donors (Lipinski definition) is 0. The zero-order valence-corrected chi connectivity index (χ0v) is 12.3. The van der Waals surface area contributed by atoms with Gasteiger partial charge in [-0.2, -0.15) is 0 Å². The van der Waals surface area contributed by atoms with E-state index in [2.05, 4.69) is 13.2 Å². The maximum Gasteiger partial charge on any atom is 0.347 e. The molecule has 108 valence electrons. The van der Waals surface area contributed by atoms with E-state index in [0.29, 0.717) is 16.5 Å². The minimum absolute atomic E-state index is 0.00769. The molecular weight excluding hydrogens is 264 g/mol. The molecule has 2 rings (SSSR count). The topological polar surface area (TPSA) is 47.3 Å². The Morgan fingerprint density at radius 3 is 2.48 bits per heavy atom. The normalized spacial score (nSPS) is 10.5. The fraction of sp³-hybridized carbons (Fsp3) is 0.111. The minimum atomic E-state index is -0.652. The summed E-state index contributed by atoms with van der Waals surface area (Å²) >= 11 is 0. The molecule has 0 amide bonds. The van der Waals surface area contributed by atoms with Gasteiger partial charge in [0.2, 0.25) is 0 Å². The van der Waals surface area contributed by atoms with Crippen molar-refractivity contribution in [3.63, 3.8) is 0 Å². The Labute approximate surface area is 123 Å². The zero-order chi connectivity index (χ0) is 15.8. The van der Waals surface area contributed by atoms with Gasteiger partial charge in [0.15, 0.2) is 5.78 Å². The number of rotatable bonds is 4. The molecular formula is C18H18O3. The first-order valence-electron chi connectivity index (χ1n) is 6.70. The van der Waals surface area contributed by atoms with E-state index in [4.69, 9.17) is 4.42 Å². The Morgan fingerprint density at radius 2 is 1.86 bits per heavy atom. The molecule has 1 aromatic heterocycles. The van der Waals surface area contributed by atoms with Crippen LogP contribution in [0.15, 0.2) is 76.5 Å². The van der Waals surface area contributed by atoms with Crippen LogP contribution < -0.4 is 5.63 Å². The third-order valence-corrected chi connectivity index (χ3v) is 2.67. The zero-order valence-electron chi connectivity index (χ0n) is 12.3. The fourth-order valence-corrected chi connectivity index (χ4v) is 1.74. The lowest BCUT2D eigenvalue weighted by molar-refractivity contribution is 0.103. The molecule has 2 aromatic rings. The Morgan fingerprint density at radius 1 is 1.19 bits per heavy atom. The van der Waals surface area contributed by atoms with Gasteiger partial charge in [-0.15, -0.1) is 0 Å². The summed E-state index contributed by atoms with van der Waals surface area (Å²) in [5.41, 5.74) is 0.0988. The first kappa shape index (κ1) is 16.4. The Balaban J connectivity index is 0.00000106. The molecule has 0 saturated carbocycles. The van der Waals surface area contributed by atoms with Gasteiger partial charge in [-0.3, -0.25) is 4.79 Å². The van der Waals surface area contributed by atoms with Crippen LogP contribution in [0.1, 0.15) is 24.2 Å². The fourth-order valence-electron chi connectivity index (χ4n) is 1.74. The third-order valence-electron chi connectivity index (χ3n) is 2.67. The number of fused-ring (bicyclic) bond motifs is 1. The first-order valence-corrected chi connectivity index (χ1v) is 6.70. The average molecular weight is 282 g/mol. The predicted molar refractivity (Wildman–Crippen MR) is 86.6 cm³/mol. The average Bonchev–Trinajstić information content (AvgIpc) is 2.53. The Kier molecular flexibility index (Phi) is 6.08. The van der Waals surface area contributed by atoms with E-state index in [1.807, 2.05) is 19.9 Å². The van der Waals surface area contributed by atoms with Crippen LogP contribution in [0.2, 0.25) is 0 Å². The van der Waals surface area contributed by atoms with Crippen LogP contribution in [0.4, 0.5) is 0 Å². The largest absolute Gasteiger partial charge is 0.422 e. The molecule has 3 heteroatoms. The second-order valence-corrected chi connectivity index (χ2v) is 3.88. The van der Waals surface area contributed by atoms with Gasteiger partial charge < -0.3 is 4.42 Å². The molecule has 3 nitrogen and oxygen atoms in total. The summed E-state index contributed by atoms with van der Waals surface area (Å²) < 4.78 is 5.12. The first-order chi connectivity index (χ1) is 10.2. The van der Waals surface area contributed by atoms with Crippen LogP contribution in [0.25, 0.3) is 11.0 Å². The minimum Gasteiger partial charge on any atom is -0.422 e. The summed E-state index contributed by atoms with van der Waals surface area (Å²) in [6.07, 6.45) is 4.36. The highest BCUT2D eigenvalue weighted by molar-refractivity contribution is 6.11. The molecule has 0 radical (unpaired) electrons. The molecule has 0 unspecified atom stereocenters. The number of para-hydroxylation sites is 1. The number of carbonyl (C=O) groups excluding carboxylic acids is 1. The summed E-state index contributed by atoms with van der Waals surface area (Å²) in [6.45, 7) is 11.1. The monoisotopic (exact) mass is 282 g/mol. The van der Waals surface area contributed by atoms with Gasteiger partial charge in [-0.25, -0.2) is 4.79 Å². The van der Waals surface area contributed by atoms with Crippen LogP contribution in [-0.2, 0) is 0 Å². The van der Waals surface area contributed by atoms with Gasteiger partial charge in [-0.1, -0.05) is 63.4 Å². The maximum atomic E-state index is 12.2. The van der Waals surface area contributed by atoms with Gasteiger partial charge in [-0.05, 0) is 12.1 Å². The Bertz CT molecular complexity index is 748. The highest BCUT2D eigenvalue weighted by Crippen LogP contribution is 2.15. The van der Waals surface area contributed by atoms with Crippen LogP contribution in [0, 0.1) is 0 Å². The molecule has 21 heavy (non-hydrogen) atoms. The summed E-state index contributed by atoms with van der Waals surface area (Å²) in [4.78, 5) is 24.0. The van der Waals surface area contributed by atoms with Gasteiger partial charge in [0.05, 0.1) is 0 Å². The molecule has 0 fully saturated rings. The number of carbonyl (C=O) groups is 1. The van der Waals surface area contributed by atoms with Gasteiger partial charge in [0.25, 0.3) is 0 Å². The van der Waals surface area contributed by atoms with E-state index in [0.717, 1.165) is 0 Å². The lowest BCUT2D eigenvalue weighted by atomic mass is 10.0. The molecule has 0 aliphatic rings. The van der Waals surface area contributed by atoms with Crippen molar-refractivity contribution in [3.05, 3.63) is 83.3 Å². The van der Waals surface area contributed by atoms with E-state index < -0.39 is 11.4 Å². The summed E-state index contributed by atoms with van der Waals surface area (Å²) in [5.74, 6) is -0.422. The number of Topliss-reactive ketones (excluding diaryl/α,β-unsaturated/α-hetero) is 1. The smallest absolute Gasteiger partial charge is 0.347 e. The van der Waals surface area contributed by atoms with Crippen molar-refractivity contribution >= 4 is 16.8 Å². The van der Waals surface area contributed by atoms with Gasteiger partial charge in [0.1, 0.15) is 11.1 Å². The van der Waals surface area contributed by atoms with Crippen molar-refractivity contribution in [3.8, 4) is 0 Å². The van der Waals surface area contributed by atoms with Crippen LogP contribution in [-0.4, -0.2) is 5.78 Å². The number of allylic oxidation sites excluding steroid dienone is 4. The van der Waals surface area contributed by atoms with Gasteiger partial charge in [0, 0.05) is 11.0 Å². The second-order valence-electron chi connectivity index (χ2n) is 3.88. The lowest BCUT2D eigenvalue weighted by Gasteiger charge is -2.02. The highest BCUT2D eigenvalue weighted by Gasteiger charge is 2.15. The van der Waals surface area contributed by atoms with E-state index in [1.165, 1.54) is 24.3 Å². The van der Waals surface area contributed by atoms with Crippen molar-refractivity contribution in [1.82, 2.24) is 0 Å². The molecule has 0 aliphatic heterocycles. The number of ketones is 1. The van der Waals surface area contributed by atoms with Gasteiger partial charge >= 0.3 is 5.63 Å². The highest BCUT2D eigenvalue weighted by atomic mass is 16.4. The van der Waals surface area contributed by atoms with E-state index >= 15 is 0 Å². The van der Waals surface area contributed by atoms with E-state index in [9.17, 15) is 9.59 Å². The molecule has 1 aromatic carbocycles. The molecule has 0 atom stereocenters. The van der Waals surface area contributed by atoms with Crippen LogP contribution in [0.3, 0.4) is 0 Å². The molecule has 0 spiro atoms. The molecule has 0 N–H and O–H groups in total. The lowest BCUT2D eigenvalue weighted by Crippen LogP contribution is -2.14. The molecule has 0 bridgehead atoms. The third kappa shape index (κ3) is 3.66. The van der Waals surface area contributed by atoms with Crippen LogP contribution >= 0.6 is 0 Å². The van der Waals surface area contributed by atoms with E-state index in [-0.39, 0.29) is 5.56 Å². The summed E-state index contributed by atoms with van der Waals surface area (Å²) in [6, 6.07) is 8.56. The molecule has 1 heterocycles. The van der Waals surface area contributed by atoms with Crippen molar-refractivity contribution < 1.29 is 9.21 Å². The van der Waals surface area contributed by atoms with Crippen molar-refractivity contribution in [2.75, 3.05) is 0 Å².